The van der Waals surface area contributed by atoms with Crippen molar-refractivity contribution in [2.45, 2.75) is 10.9 Å². The zero-order chi connectivity index (χ0) is 7.97. The number of benzene rings is 1. The Kier molecular flexibility index (Phi) is 2.62. The van der Waals surface area contributed by atoms with Gasteiger partial charge in [-0.1, -0.05) is 23.5 Å². The molecular formula is C9H8BrNS2. The minimum atomic E-state index is 0. The predicted octanol–water partition coefficient (Wildman–Crippen LogP) is -0.701. The van der Waals surface area contributed by atoms with Crippen LogP contribution in [0.25, 0.3) is 10.2 Å². The van der Waals surface area contributed by atoms with Crippen molar-refractivity contribution in [3.8, 4) is 0 Å². The molecule has 1 aromatic carbocycles. The minimum Gasteiger partial charge on any atom is -1.00 e. The largest absolute Gasteiger partial charge is 1.00 e. The highest BCUT2D eigenvalue weighted by Crippen LogP contribution is 2.31. The monoisotopic (exact) mass is 279 g/mol. The molecule has 1 aromatic heterocycles. The quantitative estimate of drug-likeness (QED) is 0.577. The van der Waals surface area contributed by atoms with Crippen LogP contribution in [0, 0.1) is 0 Å². The van der Waals surface area contributed by atoms with Crippen LogP contribution >= 0.6 is 23.1 Å². The Balaban J connectivity index is 0.000000653. The summed E-state index contributed by atoms with van der Waals surface area (Å²) in [6.07, 6.45) is 0. The first-order valence-electron chi connectivity index (χ1n) is 3.99. The number of hydrogen-bond acceptors (Lipinski definition) is 2. The van der Waals surface area contributed by atoms with E-state index in [1.807, 2.05) is 23.1 Å². The number of rotatable bonds is 0. The van der Waals surface area contributed by atoms with Gasteiger partial charge in [0.2, 0.25) is 5.52 Å². The second-order valence-electron chi connectivity index (χ2n) is 2.84. The van der Waals surface area contributed by atoms with Crippen LogP contribution in [0.15, 0.2) is 28.6 Å². The van der Waals surface area contributed by atoms with Gasteiger partial charge in [-0.05, 0) is 17.8 Å². The number of thioether (sulfide) groups is 1. The summed E-state index contributed by atoms with van der Waals surface area (Å²) in [7, 11) is 0. The molecule has 0 radical (unpaired) electrons. The molecule has 1 aliphatic heterocycles. The number of nitrogens with zero attached hydrogens (tertiary/aromatic N) is 1. The van der Waals surface area contributed by atoms with E-state index < -0.39 is 0 Å². The van der Waals surface area contributed by atoms with Crippen molar-refractivity contribution in [3.05, 3.63) is 24.3 Å². The molecule has 68 valence electrons. The van der Waals surface area contributed by atoms with Gasteiger partial charge in [-0.25, -0.2) is 0 Å². The van der Waals surface area contributed by atoms with Crippen molar-refractivity contribution in [2.24, 2.45) is 0 Å². The maximum Gasteiger partial charge on any atom is 0.298 e. The van der Waals surface area contributed by atoms with Crippen LogP contribution in [0.5, 0.6) is 0 Å². The Morgan fingerprint density at radius 1 is 1.23 bits per heavy atom. The fourth-order valence-electron chi connectivity index (χ4n) is 1.56. The third kappa shape index (κ3) is 1.41. The lowest BCUT2D eigenvalue weighted by molar-refractivity contribution is -0.692. The van der Waals surface area contributed by atoms with Crippen molar-refractivity contribution in [2.75, 3.05) is 5.75 Å². The summed E-state index contributed by atoms with van der Waals surface area (Å²) in [6, 6.07) is 8.64. The number of fused-ring (bicyclic) bond motifs is 3. The number of thiazole rings is 1. The van der Waals surface area contributed by atoms with Gasteiger partial charge in [0.25, 0.3) is 4.34 Å². The maximum absolute atomic E-state index is 2.42. The third-order valence-electron chi connectivity index (χ3n) is 2.11. The number of hydrogen-bond donors (Lipinski definition) is 0. The molecule has 2 aromatic rings. The molecule has 0 N–H and O–H groups in total. The summed E-state index contributed by atoms with van der Waals surface area (Å²) < 4.78 is 5.31. The van der Waals surface area contributed by atoms with Crippen molar-refractivity contribution < 1.29 is 21.5 Å². The average molecular weight is 280 g/mol. The van der Waals surface area contributed by atoms with Crippen molar-refractivity contribution in [1.82, 2.24) is 0 Å². The molecule has 1 nitrogen and oxygen atoms in total. The van der Waals surface area contributed by atoms with Crippen LogP contribution in [0.4, 0.5) is 0 Å². The highest BCUT2D eigenvalue weighted by atomic mass is 79.9. The summed E-state index contributed by atoms with van der Waals surface area (Å²) in [6.45, 7) is 1.18. The molecule has 0 bridgehead atoms. The average Bonchev–Trinajstić information content (AvgIpc) is 2.62. The van der Waals surface area contributed by atoms with Crippen molar-refractivity contribution in [3.63, 3.8) is 0 Å². The van der Waals surface area contributed by atoms with Crippen molar-refractivity contribution >= 4 is 33.3 Å². The lowest BCUT2D eigenvalue weighted by atomic mass is 10.8. The molecule has 4 heteroatoms. The molecule has 0 saturated carbocycles. The Bertz CT molecular complexity index is 438. The molecule has 3 rings (SSSR count). The van der Waals surface area contributed by atoms with Crippen LogP contribution in [0.1, 0.15) is 0 Å². The van der Waals surface area contributed by atoms with Crippen LogP contribution in [-0.2, 0) is 6.54 Å². The van der Waals surface area contributed by atoms with Gasteiger partial charge in [-0.15, -0.1) is 0 Å². The molecule has 2 heterocycles. The molecule has 0 amide bonds. The number of aryl methyl sites for hydroxylation is 1. The van der Waals surface area contributed by atoms with Gasteiger partial charge in [0.05, 0.1) is 5.75 Å². The molecular weight excluding hydrogens is 272 g/mol. The molecule has 0 atom stereocenters. The first-order valence-corrected chi connectivity index (χ1v) is 5.79. The third-order valence-corrected chi connectivity index (χ3v) is 4.53. The van der Waals surface area contributed by atoms with E-state index in [4.69, 9.17) is 0 Å². The summed E-state index contributed by atoms with van der Waals surface area (Å²) in [5.41, 5.74) is 1.41. The fourth-order valence-corrected chi connectivity index (χ4v) is 4.02. The molecule has 1 aliphatic rings. The van der Waals surface area contributed by atoms with E-state index >= 15 is 0 Å². The van der Waals surface area contributed by atoms with E-state index in [9.17, 15) is 0 Å². The SMILES string of the molecule is C1C[n+]2c(s[13c]3[13cH][13cH][13cH][13cH][13c]32)S1.[Br-]. The maximum atomic E-state index is 2.42. The molecule has 13 heavy (non-hydrogen) atoms. The van der Waals surface area contributed by atoms with E-state index in [-0.39, 0.29) is 17.0 Å². The van der Waals surface area contributed by atoms with Crippen LogP contribution in [0.3, 0.4) is 0 Å². The molecule has 0 aliphatic carbocycles. The Labute approximate surface area is 95.5 Å². The van der Waals surface area contributed by atoms with Crippen LogP contribution in [0.2, 0.25) is 0 Å². The smallest absolute Gasteiger partial charge is 0.298 e. The predicted molar refractivity (Wildman–Crippen MR) is 52.7 cm³/mol. The molecule has 0 fully saturated rings. The number of aromatic nitrogens is 1. The standard InChI is InChI=1S/C9H8NS2.BrH/c1-2-4-8-7(3-1)10-5-6-11-9(10)12-8;/h1-4H,5-6H2;1H/q+1;/p-1/i1+1,2+1,3+1,4+1,7+1,8+1;. The van der Waals surface area contributed by atoms with Crippen molar-refractivity contribution in [1.29, 1.82) is 0 Å². The lowest BCUT2D eigenvalue weighted by Crippen LogP contribution is -3.00. The van der Waals surface area contributed by atoms with E-state index in [1.54, 1.807) is 0 Å². The highest BCUT2D eigenvalue weighted by Gasteiger charge is 2.25. The molecule has 0 spiro atoms. The minimum absolute atomic E-state index is 0. The normalized spacial score (nSPS) is 14.2. The van der Waals surface area contributed by atoms with E-state index in [0.29, 0.717) is 0 Å². The number of para-hydroxylation sites is 1. The first-order chi connectivity index (χ1) is 5.95. The van der Waals surface area contributed by atoms with E-state index in [0.717, 1.165) is 0 Å². The topological polar surface area (TPSA) is 3.88 Å². The second kappa shape index (κ2) is 3.59. The van der Waals surface area contributed by atoms with Gasteiger partial charge >= 0.3 is 0 Å². The second-order valence-corrected chi connectivity index (χ2v) is 5.21. The van der Waals surface area contributed by atoms with E-state index in [2.05, 4.69) is 28.8 Å². The van der Waals surface area contributed by atoms with E-state index in [1.165, 1.54) is 26.9 Å². The summed E-state index contributed by atoms with van der Waals surface area (Å²) in [5, 5.41) is 0. The van der Waals surface area contributed by atoms with Gasteiger partial charge in [0.15, 0.2) is 6.54 Å². The fraction of sp³-hybridized carbons (Fsp3) is 0.222. The van der Waals surface area contributed by atoms with Gasteiger partial charge in [0.1, 0.15) is 4.70 Å². The summed E-state index contributed by atoms with van der Waals surface area (Å²) in [5.74, 6) is 1.25. The lowest BCUT2D eigenvalue weighted by Gasteiger charge is -1.84. The Hall–Kier alpha value is -0.0600. The Morgan fingerprint density at radius 2 is 2.08 bits per heavy atom. The molecule has 0 saturated heterocycles. The number of halogens is 1. The Morgan fingerprint density at radius 3 is 3.00 bits per heavy atom. The zero-order valence-corrected chi connectivity index (χ0v) is 10.1. The summed E-state index contributed by atoms with van der Waals surface area (Å²) >= 11 is 3.89. The zero-order valence-electron chi connectivity index (χ0n) is 6.87. The molecule has 0 unspecified atom stereocenters. The highest BCUT2D eigenvalue weighted by molar-refractivity contribution is 8.01. The summed E-state index contributed by atoms with van der Waals surface area (Å²) in [4.78, 5) is 0. The first kappa shape index (κ1) is 9.49. The van der Waals surface area contributed by atoms with Gasteiger partial charge < -0.3 is 17.0 Å². The van der Waals surface area contributed by atoms with Crippen LogP contribution in [-0.4, -0.2) is 5.75 Å². The van der Waals surface area contributed by atoms with Gasteiger partial charge in [-0.2, -0.15) is 4.57 Å². The van der Waals surface area contributed by atoms with Crippen LogP contribution < -0.4 is 21.5 Å². The van der Waals surface area contributed by atoms with Gasteiger partial charge in [0, 0.05) is 6.07 Å². The van der Waals surface area contributed by atoms with Gasteiger partial charge in [-0.3, -0.25) is 0 Å².